The molecule has 0 aliphatic carbocycles. The minimum absolute atomic E-state index is 0.151. The van der Waals surface area contributed by atoms with Crippen molar-refractivity contribution in [2.45, 2.75) is 18.9 Å². The maximum Gasteiger partial charge on any atom is 0.271 e. The summed E-state index contributed by atoms with van der Waals surface area (Å²) in [5.41, 5.74) is -0.304. The number of aromatic nitrogens is 2. The summed E-state index contributed by atoms with van der Waals surface area (Å²) >= 11 is 11.5. The third kappa shape index (κ3) is 3.16. The standard InChI is InChI=1S/C11H15Cl2N3O2/c12-3-6-18-8-1-4-16(5-2-8)10-9(13)11(17)15-7-14-10/h7-8H,1-6H2,(H,14,15,17). The molecule has 2 heterocycles. The zero-order chi connectivity index (χ0) is 13.0. The molecule has 0 radical (unpaired) electrons. The zero-order valence-electron chi connectivity index (χ0n) is 9.86. The molecule has 0 spiro atoms. The fourth-order valence-electron chi connectivity index (χ4n) is 2.04. The summed E-state index contributed by atoms with van der Waals surface area (Å²) < 4.78 is 5.59. The molecule has 1 aliphatic heterocycles. The first-order chi connectivity index (χ1) is 8.72. The van der Waals surface area contributed by atoms with Crippen molar-refractivity contribution in [1.82, 2.24) is 9.97 Å². The van der Waals surface area contributed by atoms with Gasteiger partial charge in [0.15, 0.2) is 5.82 Å². The normalized spacial score (nSPS) is 17.1. The van der Waals surface area contributed by atoms with Crippen LogP contribution in [-0.4, -0.2) is 41.6 Å². The van der Waals surface area contributed by atoms with Crippen LogP contribution in [0, 0.1) is 0 Å². The monoisotopic (exact) mass is 291 g/mol. The van der Waals surface area contributed by atoms with Crippen LogP contribution in [0.5, 0.6) is 0 Å². The summed E-state index contributed by atoms with van der Waals surface area (Å²) in [6, 6.07) is 0. The fourth-order valence-corrected chi connectivity index (χ4v) is 2.35. The molecule has 1 N–H and O–H groups in total. The molecule has 1 fully saturated rings. The molecule has 100 valence electrons. The van der Waals surface area contributed by atoms with Gasteiger partial charge in [-0.05, 0) is 12.8 Å². The summed E-state index contributed by atoms with van der Waals surface area (Å²) in [5.74, 6) is 1.07. The first-order valence-corrected chi connectivity index (χ1v) is 6.79. The largest absolute Gasteiger partial charge is 0.377 e. The van der Waals surface area contributed by atoms with Crippen LogP contribution >= 0.6 is 23.2 Å². The second kappa shape index (κ2) is 6.41. The van der Waals surface area contributed by atoms with E-state index in [1.807, 2.05) is 4.90 Å². The molecule has 5 nitrogen and oxygen atoms in total. The van der Waals surface area contributed by atoms with Crippen LogP contribution in [0.1, 0.15) is 12.8 Å². The third-order valence-electron chi connectivity index (χ3n) is 2.95. The number of H-pyrrole nitrogens is 1. The van der Waals surface area contributed by atoms with Crippen molar-refractivity contribution in [3.8, 4) is 0 Å². The van der Waals surface area contributed by atoms with Crippen LogP contribution in [0.25, 0.3) is 0 Å². The molecular formula is C11H15Cl2N3O2. The van der Waals surface area contributed by atoms with Gasteiger partial charge in [-0.3, -0.25) is 4.79 Å². The zero-order valence-corrected chi connectivity index (χ0v) is 11.4. The predicted molar refractivity (Wildman–Crippen MR) is 71.8 cm³/mol. The topological polar surface area (TPSA) is 58.2 Å². The van der Waals surface area contributed by atoms with Crippen molar-refractivity contribution < 1.29 is 4.74 Å². The molecule has 0 atom stereocenters. The van der Waals surface area contributed by atoms with E-state index < -0.39 is 0 Å². The van der Waals surface area contributed by atoms with Crippen molar-refractivity contribution in [1.29, 1.82) is 0 Å². The summed E-state index contributed by atoms with van der Waals surface area (Å²) in [5, 5.41) is 0.151. The van der Waals surface area contributed by atoms with E-state index in [2.05, 4.69) is 9.97 Å². The molecule has 0 saturated carbocycles. The van der Waals surface area contributed by atoms with Crippen LogP contribution in [0.2, 0.25) is 5.02 Å². The van der Waals surface area contributed by atoms with Gasteiger partial charge >= 0.3 is 0 Å². The maximum absolute atomic E-state index is 11.4. The maximum atomic E-state index is 11.4. The Kier molecular flexibility index (Phi) is 4.86. The molecule has 7 heteroatoms. The van der Waals surface area contributed by atoms with E-state index in [-0.39, 0.29) is 16.7 Å². The molecule has 1 aromatic rings. The highest BCUT2D eigenvalue weighted by Crippen LogP contribution is 2.23. The van der Waals surface area contributed by atoms with Crippen LogP contribution in [0.4, 0.5) is 5.82 Å². The molecule has 0 unspecified atom stereocenters. The number of ether oxygens (including phenoxy) is 1. The Labute approximate surface area is 115 Å². The Balaban J connectivity index is 1.97. The van der Waals surface area contributed by atoms with E-state index in [4.69, 9.17) is 27.9 Å². The quantitative estimate of drug-likeness (QED) is 0.857. The third-order valence-corrected chi connectivity index (χ3v) is 3.45. The number of rotatable bonds is 4. The van der Waals surface area contributed by atoms with Crippen LogP contribution < -0.4 is 10.5 Å². The van der Waals surface area contributed by atoms with Gasteiger partial charge < -0.3 is 14.6 Å². The van der Waals surface area contributed by atoms with Gasteiger partial charge in [-0.15, -0.1) is 11.6 Å². The van der Waals surface area contributed by atoms with Crippen LogP contribution in [0.3, 0.4) is 0 Å². The number of alkyl halides is 1. The predicted octanol–water partition coefficient (Wildman–Crippen LogP) is 1.65. The molecule has 1 saturated heterocycles. The molecule has 0 bridgehead atoms. The van der Waals surface area contributed by atoms with Gasteiger partial charge in [0.05, 0.1) is 19.0 Å². The Morgan fingerprint density at radius 1 is 1.50 bits per heavy atom. The van der Waals surface area contributed by atoms with Gasteiger partial charge in [-0.25, -0.2) is 4.98 Å². The summed E-state index contributed by atoms with van der Waals surface area (Å²) in [6.45, 7) is 2.14. The van der Waals surface area contributed by atoms with E-state index in [1.54, 1.807) is 0 Å². The lowest BCUT2D eigenvalue weighted by molar-refractivity contribution is 0.0471. The van der Waals surface area contributed by atoms with Gasteiger partial charge in [-0.1, -0.05) is 11.6 Å². The highest BCUT2D eigenvalue weighted by molar-refractivity contribution is 6.32. The van der Waals surface area contributed by atoms with Crippen molar-refractivity contribution in [3.63, 3.8) is 0 Å². The highest BCUT2D eigenvalue weighted by atomic mass is 35.5. The van der Waals surface area contributed by atoms with Gasteiger partial charge in [-0.2, -0.15) is 0 Å². The number of nitrogens with one attached hydrogen (secondary N) is 1. The lowest BCUT2D eigenvalue weighted by atomic mass is 10.1. The van der Waals surface area contributed by atoms with Crippen molar-refractivity contribution in [2.24, 2.45) is 0 Å². The number of nitrogens with zero attached hydrogens (tertiary/aromatic N) is 2. The lowest BCUT2D eigenvalue weighted by Gasteiger charge is -2.32. The number of halogens is 2. The second-order valence-electron chi connectivity index (χ2n) is 4.12. The molecule has 2 rings (SSSR count). The van der Waals surface area contributed by atoms with E-state index in [1.165, 1.54) is 6.33 Å². The van der Waals surface area contributed by atoms with Gasteiger partial charge in [0.1, 0.15) is 5.02 Å². The van der Waals surface area contributed by atoms with Crippen molar-refractivity contribution in [3.05, 3.63) is 21.7 Å². The van der Waals surface area contributed by atoms with Crippen molar-refractivity contribution >= 4 is 29.0 Å². The van der Waals surface area contributed by atoms with E-state index in [0.717, 1.165) is 25.9 Å². The molecule has 0 amide bonds. The Bertz CT molecular complexity index is 444. The van der Waals surface area contributed by atoms with E-state index >= 15 is 0 Å². The number of piperidine rings is 1. The second-order valence-corrected chi connectivity index (χ2v) is 4.87. The van der Waals surface area contributed by atoms with E-state index in [9.17, 15) is 4.79 Å². The number of hydrogen-bond acceptors (Lipinski definition) is 4. The number of anilines is 1. The average molecular weight is 292 g/mol. The molecular weight excluding hydrogens is 277 g/mol. The fraction of sp³-hybridized carbons (Fsp3) is 0.636. The molecule has 18 heavy (non-hydrogen) atoms. The molecule has 0 aromatic carbocycles. The Hall–Kier alpha value is -0.780. The highest BCUT2D eigenvalue weighted by Gasteiger charge is 2.22. The smallest absolute Gasteiger partial charge is 0.271 e. The summed E-state index contributed by atoms with van der Waals surface area (Å²) in [7, 11) is 0. The average Bonchev–Trinajstić information content (AvgIpc) is 2.40. The first kappa shape index (κ1) is 13.6. The Morgan fingerprint density at radius 3 is 2.89 bits per heavy atom. The lowest BCUT2D eigenvalue weighted by Crippen LogP contribution is -2.38. The van der Waals surface area contributed by atoms with Crippen LogP contribution in [-0.2, 0) is 4.74 Å². The number of hydrogen-bond donors (Lipinski definition) is 1. The minimum atomic E-state index is -0.304. The van der Waals surface area contributed by atoms with Gasteiger partial charge in [0.25, 0.3) is 5.56 Å². The van der Waals surface area contributed by atoms with Crippen LogP contribution in [0.15, 0.2) is 11.1 Å². The van der Waals surface area contributed by atoms with Gasteiger partial charge in [0, 0.05) is 19.0 Å². The summed E-state index contributed by atoms with van der Waals surface area (Å²) in [6.07, 6.45) is 3.39. The van der Waals surface area contributed by atoms with E-state index in [0.29, 0.717) is 18.3 Å². The number of aromatic amines is 1. The first-order valence-electron chi connectivity index (χ1n) is 5.88. The SMILES string of the molecule is O=c1[nH]cnc(N2CCC(OCCCl)CC2)c1Cl. The molecule has 1 aromatic heterocycles. The summed E-state index contributed by atoms with van der Waals surface area (Å²) in [4.78, 5) is 20.0. The Morgan fingerprint density at radius 2 is 2.22 bits per heavy atom. The minimum Gasteiger partial charge on any atom is -0.377 e. The van der Waals surface area contributed by atoms with Crippen molar-refractivity contribution in [2.75, 3.05) is 30.5 Å². The molecule has 1 aliphatic rings. The van der Waals surface area contributed by atoms with Gasteiger partial charge in [0.2, 0.25) is 0 Å².